The van der Waals surface area contributed by atoms with Crippen LogP contribution in [0.2, 0.25) is 0 Å². The van der Waals surface area contributed by atoms with Gasteiger partial charge in [-0.3, -0.25) is 9.69 Å². The Morgan fingerprint density at radius 2 is 1.53 bits per heavy atom. The minimum Gasteiger partial charge on any atom is -0.491 e. The summed E-state index contributed by atoms with van der Waals surface area (Å²) in [4.78, 5) is 15.1. The average Bonchev–Trinajstić information content (AvgIpc) is 3.18. The molecule has 0 N–H and O–H groups in total. The van der Waals surface area contributed by atoms with Gasteiger partial charge in [0.25, 0.3) is 5.91 Å². The van der Waals surface area contributed by atoms with Gasteiger partial charge in [0.2, 0.25) is 0 Å². The zero-order valence-corrected chi connectivity index (χ0v) is 21.6. The smallest absolute Gasteiger partial charge is 0.270 e. The number of rotatable bonds is 12. The van der Waals surface area contributed by atoms with E-state index in [2.05, 4.69) is 0 Å². The number of para-hydroxylation sites is 2. The highest BCUT2D eigenvalue weighted by molar-refractivity contribution is 8.27. The molecule has 1 fully saturated rings. The molecule has 0 spiro atoms. The Bertz CT molecular complexity index is 1200. The topological polar surface area (TPSA) is 57.2 Å². The van der Waals surface area contributed by atoms with Gasteiger partial charge in [0.05, 0.1) is 30.4 Å². The molecule has 1 aliphatic rings. The van der Waals surface area contributed by atoms with Crippen molar-refractivity contribution < 1.29 is 23.7 Å². The number of thiocarbonyl (C=S) groups is 1. The van der Waals surface area contributed by atoms with Gasteiger partial charge in [0.1, 0.15) is 19.0 Å². The van der Waals surface area contributed by atoms with Crippen LogP contribution in [0.3, 0.4) is 0 Å². The molecule has 0 radical (unpaired) electrons. The van der Waals surface area contributed by atoms with Crippen molar-refractivity contribution in [3.63, 3.8) is 0 Å². The maximum absolute atomic E-state index is 13.0. The maximum Gasteiger partial charge on any atom is 0.270 e. The van der Waals surface area contributed by atoms with Crippen LogP contribution in [0.4, 0.5) is 5.69 Å². The first-order valence-corrected chi connectivity index (χ1v) is 12.9. The molecule has 0 aliphatic carbocycles. The van der Waals surface area contributed by atoms with Crippen LogP contribution in [0.5, 0.6) is 17.2 Å². The fraction of sp³-hybridized carbons (Fsp3) is 0.214. The highest BCUT2D eigenvalue weighted by atomic mass is 32.2. The van der Waals surface area contributed by atoms with E-state index >= 15 is 0 Å². The number of benzene rings is 3. The molecule has 0 saturated carbocycles. The van der Waals surface area contributed by atoms with Crippen molar-refractivity contribution in [1.82, 2.24) is 0 Å². The van der Waals surface area contributed by atoms with Crippen LogP contribution in [0.25, 0.3) is 6.08 Å². The Balaban J connectivity index is 1.31. The third-order valence-electron chi connectivity index (χ3n) is 5.10. The monoisotopic (exact) mass is 521 g/mol. The van der Waals surface area contributed by atoms with E-state index in [1.165, 1.54) is 11.8 Å². The van der Waals surface area contributed by atoms with E-state index in [0.717, 1.165) is 17.0 Å². The highest BCUT2D eigenvalue weighted by Gasteiger charge is 2.33. The number of carbonyl (C=O) groups is 1. The van der Waals surface area contributed by atoms with Crippen molar-refractivity contribution in [2.75, 3.05) is 37.9 Å². The third kappa shape index (κ3) is 6.87. The number of thioether (sulfide) groups is 1. The summed E-state index contributed by atoms with van der Waals surface area (Å²) in [5.41, 5.74) is 1.59. The van der Waals surface area contributed by atoms with Crippen molar-refractivity contribution in [2.24, 2.45) is 0 Å². The largest absolute Gasteiger partial charge is 0.491 e. The molecule has 6 nitrogen and oxygen atoms in total. The maximum atomic E-state index is 13.0. The van der Waals surface area contributed by atoms with Crippen LogP contribution in [-0.2, 0) is 9.53 Å². The Morgan fingerprint density at radius 3 is 2.25 bits per heavy atom. The van der Waals surface area contributed by atoms with Gasteiger partial charge in [-0.25, -0.2) is 0 Å². The summed E-state index contributed by atoms with van der Waals surface area (Å²) in [6.45, 7) is 4.14. The fourth-order valence-electron chi connectivity index (χ4n) is 3.47. The second-order valence-corrected chi connectivity index (χ2v) is 9.29. The molecule has 36 heavy (non-hydrogen) atoms. The van der Waals surface area contributed by atoms with Crippen molar-refractivity contribution in [3.05, 3.63) is 89.3 Å². The summed E-state index contributed by atoms with van der Waals surface area (Å²) in [7, 11) is 0. The van der Waals surface area contributed by atoms with Gasteiger partial charge in [-0.1, -0.05) is 66.4 Å². The molecule has 1 amide bonds. The van der Waals surface area contributed by atoms with Gasteiger partial charge >= 0.3 is 0 Å². The molecule has 1 aliphatic heterocycles. The van der Waals surface area contributed by atoms with E-state index in [9.17, 15) is 4.79 Å². The number of nitrogens with zero attached hydrogens (tertiary/aromatic N) is 1. The van der Waals surface area contributed by atoms with Gasteiger partial charge in [-0.15, -0.1) is 0 Å². The number of anilines is 1. The normalized spacial score (nSPS) is 14.4. The van der Waals surface area contributed by atoms with Gasteiger partial charge in [-0.2, -0.15) is 0 Å². The number of hydrogen-bond donors (Lipinski definition) is 0. The quantitative estimate of drug-likeness (QED) is 0.165. The summed E-state index contributed by atoms with van der Waals surface area (Å²) in [6, 6.07) is 24.6. The first kappa shape index (κ1) is 25.8. The zero-order chi connectivity index (χ0) is 25.2. The van der Waals surface area contributed by atoms with Crippen LogP contribution >= 0.6 is 24.0 Å². The Kier molecular flexibility index (Phi) is 9.38. The molecule has 1 heterocycles. The van der Waals surface area contributed by atoms with E-state index in [0.29, 0.717) is 53.8 Å². The third-order valence-corrected chi connectivity index (χ3v) is 6.40. The first-order chi connectivity index (χ1) is 17.7. The van der Waals surface area contributed by atoms with E-state index in [4.69, 9.17) is 31.2 Å². The van der Waals surface area contributed by atoms with Crippen molar-refractivity contribution in [3.8, 4) is 17.2 Å². The molecular weight excluding hydrogens is 494 g/mol. The molecule has 3 aromatic carbocycles. The Morgan fingerprint density at radius 1 is 0.833 bits per heavy atom. The van der Waals surface area contributed by atoms with Gasteiger partial charge < -0.3 is 18.9 Å². The molecular formula is C28H27NO5S2. The summed E-state index contributed by atoms with van der Waals surface area (Å²) in [6.07, 6.45) is 1.82. The minimum atomic E-state index is -0.136. The Hall–Kier alpha value is -3.33. The Labute approximate surface area is 220 Å². The molecule has 186 valence electrons. The molecule has 0 bridgehead atoms. The van der Waals surface area contributed by atoms with Crippen LogP contribution in [-0.4, -0.2) is 43.3 Å². The summed E-state index contributed by atoms with van der Waals surface area (Å²) >= 11 is 6.74. The predicted molar refractivity (Wildman–Crippen MR) is 148 cm³/mol. The standard InChI is InChI=1S/C28H27NO5S2/c1-2-32-25-19-21(20-26-27(30)29(28(35)36-26)22-9-5-3-6-10-22)13-14-24(25)34-18-16-31-15-17-33-23-11-7-4-8-12-23/h3-14,19-20H,2,15-18H2,1H3/b26-20-. The molecule has 8 heteroatoms. The number of amides is 1. The van der Waals surface area contributed by atoms with Crippen molar-refractivity contribution in [1.29, 1.82) is 0 Å². The summed E-state index contributed by atoms with van der Waals surface area (Å²) in [5.74, 6) is 1.91. The number of carbonyl (C=O) groups excluding carboxylic acids is 1. The van der Waals surface area contributed by atoms with E-state index < -0.39 is 0 Å². The summed E-state index contributed by atoms with van der Waals surface area (Å²) < 4.78 is 23.4. The SMILES string of the molecule is CCOc1cc(/C=C2\SC(=S)N(c3ccccc3)C2=O)ccc1OCCOCCOc1ccccc1. The van der Waals surface area contributed by atoms with Gasteiger partial charge in [0, 0.05) is 0 Å². The minimum absolute atomic E-state index is 0.136. The molecule has 0 unspecified atom stereocenters. The molecule has 3 aromatic rings. The predicted octanol–water partition coefficient (Wildman–Crippen LogP) is 5.97. The molecule has 4 rings (SSSR count). The zero-order valence-electron chi connectivity index (χ0n) is 19.9. The number of ether oxygens (including phenoxy) is 4. The molecule has 0 atom stereocenters. The first-order valence-electron chi connectivity index (χ1n) is 11.6. The van der Waals surface area contributed by atoms with Crippen molar-refractivity contribution >= 4 is 46.0 Å². The van der Waals surface area contributed by atoms with E-state index in [-0.39, 0.29) is 5.91 Å². The lowest BCUT2D eigenvalue weighted by molar-refractivity contribution is -0.113. The van der Waals surface area contributed by atoms with Crippen LogP contribution < -0.4 is 19.1 Å². The van der Waals surface area contributed by atoms with Gasteiger partial charge in [-0.05, 0) is 55.0 Å². The lowest BCUT2D eigenvalue weighted by atomic mass is 10.1. The van der Waals surface area contributed by atoms with Crippen LogP contribution in [0.1, 0.15) is 12.5 Å². The lowest BCUT2D eigenvalue weighted by Gasteiger charge is -2.14. The second kappa shape index (κ2) is 13.1. The molecule has 0 aromatic heterocycles. The average molecular weight is 522 g/mol. The van der Waals surface area contributed by atoms with Gasteiger partial charge in [0.15, 0.2) is 15.8 Å². The van der Waals surface area contributed by atoms with E-state index in [1.54, 1.807) is 4.90 Å². The van der Waals surface area contributed by atoms with Crippen molar-refractivity contribution in [2.45, 2.75) is 6.92 Å². The second-order valence-electron chi connectivity index (χ2n) is 7.61. The molecule has 1 saturated heterocycles. The fourth-order valence-corrected chi connectivity index (χ4v) is 4.77. The van der Waals surface area contributed by atoms with Crippen LogP contribution in [0.15, 0.2) is 83.8 Å². The van der Waals surface area contributed by atoms with Crippen LogP contribution in [0, 0.1) is 0 Å². The summed E-state index contributed by atoms with van der Waals surface area (Å²) in [5, 5.41) is 0. The van der Waals surface area contributed by atoms with E-state index in [1.807, 2.05) is 91.9 Å². The number of hydrogen-bond acceptors (Lipinski definition) is 7. The lowest BCUT2D eigenvalue weighted by Crippen LogP contribution is -2.27. The highest BCUT2D eigenvalue weighted by Crippen LogP contribution is 2.37.